The van der Waals surface area contributed by atoms with Gasteiger partial charge in [0.15, 0.2) is 0 Å². The van der Waals surface area contributed by atoms with E-state index in [-0.39, 0.29) is 11.9 Å². The van der Waals surface area contributed by atoms with E-state index >= 15 is 0 Å². The normalized spacial score (nSPS) is 17.6. The standard InChI is InChI=1S/C10H16N2O/c1-8(5-6-11)12(2)10(13)7-9-3-4-9/h8-9H,3-5,7H2,1-2H3. The molecule has 0 aromatic carbocycles. The molecule has 1 atom stereocenters. The summed E-state index contributed by atoms with van der Waals surface area (Å²) in [4.78, 5) is 13.2. The molecule has 3 heteroatoms. The van der Waals surface area contributed by atoms with E-state index < -0.39 is 0 Å². The highest BCUT2D eigenvalue weighted by molar-refractivity contribution is 5.76. The van der Waals surface area contributed by atoms with Crippen LogP contribution in [0, 0.1) is 17.2 Å². The van der Waals surface area contributed by atoms with E-state index in [1.807, 2.05) is 6.92 Å². The Morgan fingerprint density at radius 3 is 2.77 bits per heavy atom. The van der Waals surface area contributed by atoms with Crippen LogP contribution in [-0.4, -0.2) is 23.9 Å². The van der Waals surface area contributed by atoms with Gasteiger partial charge in [-0.25, -0.2) is 0 Å². The van der Waals surface area contributed by atoms with Gasteiger partial charge in [0.1, 0.15) is 0 Å². The predicted octanol–water partition coefficient (Wildman–Crippen LogP) is 1.55. The molecule has 1 fully saturated rings. The molecule has 3 nitrogen and oxygen atoms in total. The number of nitriles is 1. The van der Waals surface area contributed by atoms with E-state index in [2.05, 4.69) is 6.07 Å². The van der Waals surface area contributed by atoms with E-state index in [0.717, 1.165) is 0 Å². The van der Waals surface area contributed by atoms with Gasteiger partial charge in [-0.2, -0.15) is 5.26 Å². The van der Waals surface area contributed by atoms with E-state index in [4.69, 9.17) is 5.26 Å². The van der Waals surface area contributed by atoms with Crippen molar-refractivity contribution in [1.82, 2.24) is 4.90 Å². The summed E-state index contributed by atoms with van der Waals surface area (Å²) in [5.74, 6) is 0.814. The van der Waals surface area contributed by atoms with Gasteiger partial charge in [-0.3, -0.25) is 4.79 Å². The van der Waals surface area contributed by atoms with Crippen LogP contribution in [0.2, 0.25) is 0 Å². The van der Waals surface area contributed by atoms with Crippen molar-refractivity contribution >= 4 is 5.91 Å². The fourth-order valence-electron chi connectivity index (χ4n) is 1.23. The third-order valence-electron chi connectivity index (χ3n) is 2.60. The van der Waals surface area contributed by atoms with Crippen molar-refractivity contribution < 1.29 is 4.79 Å². The Hall–Kier alpha value is -1.04. The lowest BCUT2D eigenvalue weighted by molar-refractivity contribution is -0.131. The van der Waals surface area contributed by atoms with Gasteiger partial charge in [0, 0.05) is 19.5 Å². The number of nitrogens with zero attached hydrogens (tertiary/aromatic N) is 2. The van der Waals surface area contributed by atoms with Crippen LogP contribution in [0.5, 0.6) is 0 Å². The molecule has 13 heavy (non-hydrogen) atoms. The lowest BCUT2D eigenvalue weighted by Gasteiger charge is -2.22. The highest BCUT2D eigenvalue weighted by Crippen LogP contribution is 2.32. The molecular formula is C10H16N2O. The molecule has 1 unspecified atom stereocenters. The molecule has 1 rings (SSSR count). The lowest BCUT2D eigenvalue weighted by atomic mass is 10.2. The number of carbonyl (C=O) groups is 1. The van der Waals surface area contributed by atoms with Crippen molar-refractivity contribution in [3.63, 3.8) is 0 Å². The minimum absolute atomic E-state index is 0.0521. The zero-order chi connectivity index (χ0) is 9.84. The van der Waals surface area contributed by atoms with Crippen molar-refractivity contribution in [2.24, 2.45) is 5.92 Å². The maximum atomic E-state index is 11.5. The number of hydrogen-bond donors (Lipinski definition) is 0. The van der Waals surface area contributed by atoms with Gasteiger partial charge >= 0.3 is 0 Å². The molecule has 1 saturated carbocycles. The third kappa shape index (κ3) is 3.06. The van der Waals surface area contributed by atoms with Gasteiger partial charge in [0.05, 0.1) is 12.5 Å². The summed E-state index contributed by atoms with van der Waals surface area (Å²) < 4.78 is 0. The number of hydrogen-bond acceptors (Lipinski definition) is 2. The molecule has 0 spiro atoms. The van der Waals surface area contributed by atoms with Crippen molar-refractivity contribution in [1.29, 1.82) is 5.26 Å². The smallest absolute Gasteiger partial charge is 0.222 e. The van der Waals surface area contributed by atoms with Crippen LogP contribution in [0.1, 0.15) is 32.6 Å². The maximum Gasteiger partial charge on any atom is 0.222 e. The molecule has 0 heterocycles. The van der Waals surface area contributed by atoms with Gasteiger partial charge in [0.2, 0.25) is 5.91 Å². The monoisotopic (exact) mass is 180 g/mol. The molecule has 0 aromatic heterocycles. The van der Waals surface area contributed by atoms with Crippen molar-refractivity contribution in [2.45, 2.75) is 38.6 Å². The second-order valence-electron chi connectivity index (χ2n) is 3.86. The number of rotatable bonds is 4. The topological polar surface area (TPSA) is 44.1 Å². The summed E-state index contributed by atoms with van der Waals surface area (Å²) in [7, 11) is 1.78. The van der Waals surface area contributed by atoms with Gasteiger partial charge in [-0.1, -0.05) is 0 Å². The summed E-state index contributed by atoms with van der Waals surface area (Å²) in [5, 5.41) is 8.47. The van der Waals surface area contributed by atoms with Crippen molar-refractivity contribution in [2.75, 3.05) is 7.05 Å². The molecule has 0 saturated heterocycles. The molecule has 0 N–H and O–H groups in total. The van der Waals surface area contributed by atoms with Gasteiger partial charge in [-0.05, 0) is 25.7 Å². The average molecular weight is 180 g/mol. The molecule has 0 aromatic rings. The Bertz CT molecular complexity index is 228. The van der Waals surface area contributed by atoms with Gasteiger partial charge in [-0.15, -0.1) is 0 Å². The van der Waals surface area contributed by atoms with E-state index in [0.29, 0.717) is 18.8 Å². The van der Waals surface area contributed by atoms with Crippen LogP contribution in [0.3, 0.4) is 0 Å². The lowest BCUT2D eigenvalue weighted by Crippen LogP contribution is -2.34. The first kappa shape index (κ1) is 10.0. The quantitative estimate of drug-likeness (QED) is 0.658. The summed E-state index contributed by atoms with van der Waals surface area (Å²) in [5.41, 5.74) is 0. The average Bonchev–Trinajstić information content (AvgIpc) is 2.87. The second-order valence-corrected chi connectivity index (χ2v) is 3.86. The highest BCUT2D eigenvalue weighted by atomic mass is 16.2. The van der Waals surface area contributed by atoms with Crippen LogP contribution in [0.25, 0.3) is 0 Å². The first-order chi connectivity index (χ1) is 6.15. The Kier molecular flexibility index (Phi) is 3.30. The second kappa shape index (κ2) is 4.27. The zero-order valence-electron chi connectivity index (χ0n) is 8.29. The molecule has 1 aliphatic rings. The van der Waals surface area contributed by atoms with Crippen LogP contribution >= 0.6 is 0 Å². The highest BCUT2D eigenvalue weighted by Gasteiger charge is 2.27. The number of carbonyl (C=O) groups excluding carboxylic acids is 1. The largest absolute Gasteiger partial charge is 0.342 e. The Morgan fingerprint density at radius 1 is 1.69 bits per heavy atom. The van der Waals surface area contributed by atoms with Crippen molar-refractivity contribution in [3.05, 3.63) is 0 Å². The summed E-state index contributed by atoms with van der Waals surface area (Å²) in [6.45, 7) is 1.91. The van der Waals surface area contributed by atoms with Crippen LogP contribution in [0.4, 0.5) is 0 Å². The fourth-order valence-corrected chi connectivity index (χ4v) is 1.23. The Morgan fingerprint density at radius 2 is 2.31 bits per heavy atom. The Labute approximate surface area is 79.3 Å². The van der Waals surface area contributed by atoms with E-state index in [1.165, 1.54) is 12.8 Å². The van der Waals surface area contributed by atoms with Gasteiger partial charge in [0.25, 0.3) is 0 Å². The minimum atomic E-state index is 0.0521. The minimum Gasteiger partial charge on any atom is -0.342 e. The first-order valence-corrected chi connectivity index (χ1v) is 4.77. The van der Waals surface area contributed by atoms with Crippen LogP contribution in [-0.2, 0) is 4.79 Å². The molecular weight excluding hydrogens is 164 g/mol. The molecule has 0 bridgehead atoms. The molecule has 0 aliphatic heterocycles. The zero-order valence-corrected chi connectivity index (χ0v) is 8.29. The van der Waals surface area contributed by atoms with E-state index in [1.54, 1.807) is 11.9 Å². The first-order valence-electron chi connectivity index (χ1n) is 4.77. The number of amides is 1. The fraction of sp³-hybridized carbons (Fsp3) is 0.800. The third-order valence-corrected chi connectivity index (χ3v) is 2.60. The summed E-state index contributed by atoms with van der Waals surface area (Å²) >= 11 is 0. The summed E-state index contributed by atoms with van der Waals surface area (Å²) in [6.07, 6.45) is 3.50. The predicted molar refractivity (Wildman–Crippen MR) is 49.8 cm³/mol. The Balaban J connectivity index is 2.31. The summed E-state index contributed by atoms with van der Waals surface area (Å²) in [6, 6.07) is 2.13. The SMILES string of the molecule is CC(CC#N)N(C)C(=O)CC1CC1. The van der Waals surface area contributed by atoms with Crippen LogP contribution < -0.4 is 0 Å². The molecule has 72 valence electrons. The molecule has 1 aliphatic carbocycles. The van der Waals surface area contributed by atoms with Gasteiger partial charge < -0.3 is 4.90 Å². The van der Waals surface area contributed by atoms with Crippen molar-refractivity contribution in [3.8, 4) is 6.07 Å². The van der Waals surface area contributed by atoms with Crippen LogP contribution in [0.15, 0.2) is 0 Å². The van der Waals surface area contributed by atoms with E-state index in [9.17, 15) is 4.79 Å². The maximum absolute atomic E-state index is 11.5. The molecule has 0 radical (unpaired) electrons. The molecule has 1 amide bonds.